The zero-order chi connectivity index (χ0) is 86.1. The van der Waals surface area contributed by atoms with Gasteiger partial charge in [-0.05, 0) is 49.8 Å². The Morgan fingerprint density at radius 1 is 0.453 bits per heavy atom. The fourth-order valence-corrected chi connectivity index (χ4v) is 11.2. The van der Waals surface area contributed by atoms with Crippen LogP contribution in [-0.4, -0.2) is 350 Å². The number of benzene rings is 1. The second kappa shape index (κ2) is 67.1. The van der Waals surface area contributed by atoms with Gasteiger partial charge in [0.05, 0.1) is 124 Å². The molecule has 48 heteroatoms. The number of amides is 14. The highest BCUT2D eigenvalue weighted by Gasteiger charge is 2.34. The lowest BCUT2D eigenvalue weighted by Gasteiger charge is -2.26. The number of carboxylic acids is 1. The monoisotopic (exact) mass is 1720 g/mol. The van der Waals surface area contributed by atoms with Gasteiger partial charge in [0.25, 0.3) is 0 Å². The number of unbranched alkanes of at least 4 members (excludes halogenated alkanes) is 1. The van der Waals surface area contributed by atoms with E-state index in [0.29, 0.717) is 58.4 Å². The zero-order valence-electron chi connectivity index (χ0n) is 65.3. The average molecular weight is 1730 g/mol. The van der Waals surface area contributed by atoms with Crippen LogP contribution in [0, 0.1) is 0 Å². The van der Waals surface area contributed by atoms with E-state index in [4.69, 9.17) is 70.5 Å². The molecule has 1 aromatic rings. The summed E-state index contributed by atoms with van der Waals surface area (Å²) in [6, 6.07) is -2.42. The van der Waals surface area contributed by atoms with E-state index >= 15 is 0 Å². The van der Waals surface area contributed by atoms with Crippen molar-refractivity contribution >= 4 is 132 Å². The van der Waals surface area contributed by atoms with E-state index in [1.165, 1.54) is 0 Å². The Morgan fingerprint density at radius 3 is 1.36 bits per heavy atom. The first-order valence-corrected chi connectivity index (χ1v) is 40.0. The molecule has 1 saturated heterocycles. The number of guanidine groups is 1. The molecule has 0 spiro atoms. The zero-order valence-corrected chi connectivity index (χ0v) is 67.9. The third-order valence-corrected chi connectivity index (χ3v) is 17.2. The van der Waals surface area contributed by atoms with Crippen LogP contribution < -0.4 is 92.2 Å². The molecule has 662 valence electrons. The van der Waals surface area contributed by atoms with Crippen LogP contribution in [-0.2, 0) is 131 Å². The van der Waals surface area contributed by atoms with Crippen molar-refractivity contribution in [2.24, 2.45) is 28.1 Å². The Morgan fingerprint density at radius 2 is 0.872 bits per heavy atom. The number of thiol groups is 2. The van der Waals surface area contributed by atoms with Gasteiger partial charge in [-0.3, -0.25) is 81.7 Å². The van der Waals surface area contributed by atoms with E-state index in [2.05, 4.69) is 104 Å². The fraction of sp³-hybridized carbons (Fsp3) is 0.681. The van der Waals surface area contributed by atoms with Crippen molar-refractivity contribution in [2.45, 2.75) is 93.7 Å². The average Bonchev–Trinajstić information content (AvgIpc) is 0.969. The number of aliphatic carboxylic acids is 1. The van der Waals surface area contributed by atoms with Gasteiger partial charge in [0.1, 0.15) is 75.3 Å². The van der Waals surface area contributed by atoms with Crippen molar-refractivity contribution in [3.05, 3.63) is 35.9 Å². The van der Waals surface area contributed by atoms with Crippen molar-refractivity contribution < 1.29 is 129 Å². The lowest BCUT2D eigenvalue weighted by molar-refractivity contribution is -0.141. The highest BCUT2D eigenvalue weighted by atomic mass is 32.2. The van der Waals surface area contributed by atoms with Gasteiger partial charge < -0.3 is 139 Å². The molecule has 0 unspecified atom stereocenters. The van der Waals surface area contributed by atoms with Crippen LogP contribution in [0.1, 0.15) is 50.5 Å². The largest absolute Gasteiger partial charge is 0.481 e. The number of thioether (sulfide) groups is 1. The van der Waals surface area contributed by atoms with Gasteiger partial charge in [0.2, 0.25) is 82.7 Å². The lowest BCUT2D eigenvalue weighted by atomic mass is 10.0. The van der Waals surface area contributed by atoms with E-state index in [-0.39, 0.29) is 174 Å². The van der Waals surface area contributed by atoms with Crippen molar-refractivity contribution in [3.8, 4) is 0 Å². The first-order valence-electron chi connectivity index (χ1n) is 37.6. The normalized spacial score (nSPS) is 18.3. The molecule has 0 radical (unpaired) electrons. The number of nitrogens with zero attached hydrogens (tertiary/aromatic N) is 1. The van der Waals surface area contributed by atoms with Crippen LogP contribution in [0.3, 0.4) is 0 Å². The number of ether oxygens (including phenoxy) is 10. The number of hydrogen-bond acceptors (Lipinski definition) is 31. The quantitative estimate of drug-likeness (QED) is 0.00947. The van der Waals surface area contributed by atoms with Crippen LogP contribution in [0.2, 0.25) is 0 Å². The number of hydrogen-bond donors (Lipinski definition) is 20. The van der Waals surface area contributed by atoms with E-state index in [0.717, 1.165) is 11.8 Å². The van der Waals surface area contributed by atoms with Gasteiger partial charge in [-0.15, -0.1) is 11.8 Å². The summed E-state index contributed by atoms with van der Waals surface area (Å²) < 4.78 is 53.9. The van der Waals surface area contributed by atoms with Crippen molar-refractivity contribution in [1.29, 1.82) is 0 Å². The summed E-state index contributed by atoms with van der Waals surface area (Å²) >= 11 is 9.38. The Kier molecular flexibility index (Phi) is 59.7. The molecule has 0 bridgehead atoms. The molecule has 1 fully saturated rings. The topological polar surface area (TPSA) is 651 Å². The number of primary amides is 1. The van der Waals surface area contributed by atoms with Gasteiger partial charge in [-0.1, -0.05) is 30.3 Å². The number of nitrogens with two attached hydrogens (primary N) is 4. The first-order chi connectivity index (χ1) is 56.3. The Balaban J connectivity index is 2.27. The molecule has 7 atom stereocenters. The van der Waals surface area contributed by atoms with E-state index < -0.39 is 169 Å². The highest BCUT2D eigenvalue weighted by molar-refractivity contribution is 8.00. The minimum Gasteiger partial charge on any atom is -0.481 e. The molecule has 14 amide bonds. The van der Waals surface area contributed by atoms with E-state index in [9.17, 15) is 77.0 Å². The van der Waals surface area contributed by atoms with Crippen LogP contribution in [0.4, 0.5) is 0 Å². The van der Waals surface area contributed by atoms with Gasteiger partial charge in [-0.2, -0.15) is 25.3 Å². The summed E-state index contributed by atoms with van der Waals surface area (Å²) in [5.41, 5.74) is 16.5. The molecule has 0 aromatic heterocycles. The molecule has 117 heavy (non-hydrogen) atoms. The molecule has 1 aliphatic heterocycles. The predicted octanol–water partition coefficient (Wildman–Crippen LogP) is -9.44. The molecular weight excluding hydrogens is 1610 g/mol. The highest BCUT2D eigenvalue weighted by Crippen LogP contribution is 2.12. The number of aliphatic imine (C=N–C) groups is 1. The predicted molar refractivity (Wildman–Crippen MR) is 425 cm³/mol. The summed E-state index contributed by atoms with van der Waals surface area (Å²) in [7, 11) is 0. The van der Waals surface area contributed by atoms with Crippen molar-refractivity contribution in [3.63, 3.8) is 0 Å². The molecule has 45 nitrogen and oxygen atoms in total. The van der Waals surface area contributed by atoms with Crippen LogP contribution in [0.15, 0.2) is 35.3 Å². The van der Waals surface area contributed by atoms with Crippen LogP contribution in [0.5, 0.6) is 0 Å². The maximum absolute atomic E-state index is 14.6. The Bertz CT molecular complexity index is 3180. The fourth-order valence-electron chi connectivity index (χ4n) is 9.80. The minimum atomic E-state index is -1.88. The Labute approximate surface area is 692 Å². The smallest absolute Gasteiger partial charge is 0.305 e. The van der Waals surface area contributed by atoms with Crippen LogP contribution in [0.25, 0.3) is 0 Å². The molecule has 1 aromatic carbocycles. The molecular formula is C69H116N18O27S3. The number of rotatable bonds is 57. The summed E-state index contributed by atoms with van der Waals surface area (Å²) in [6.45, 7) is 1.31. The number of carbonyl (C=O) groups is 15. The maximum Gasteiger partial charge on any atom is 0.305 e. The van der Waals surface area contributed by atoms with E-state index in [1.54, 1.807) is 30.3 Å². The van der Waals surface area contributed by atoms with Gasteiger partial charge in [-0.25, -0.2) is 5.90 Å². The Hall–Kier alpha value is -8.89. The van der Waals surface area contributed by atoms with E-state index in [1.807, 2.05) is 0 Å². The van der Waals surface area contributed by atoms with Crippen molar-refractivity contribution in [2.75, 3.05) is 208 Å². The standard InChI is InChI=1S/C69H116N18O27S3/c70-54(88)38-112-39-57(91)75-14-18-104-22-26-108-29-25-107-21-17-78-63(98)53-44-117-45-60(94)81-48(9-4-5-12-74-56(90)40-113-41-58(92)76-15-19-105-23-27-109-30-32-111-33-31-110-28-24-106-20-16-77-59(93)42-114-73)64(99)84-49(11-34-115)65(100)83-47(10-6-13-79-69(71)72)62(97)80-37-55(89)82-51(36-61(95)96)67(102)86-52(43-116)68(103)85-50(66(101)87-53)35-46-7-2-1-3-8-46/h1-3,7-8,47-53,115-116H,4-6,9-45,73H2,(H2,70,88)(H,74,90)(H,75,91)(H,76,92)(H,77,93)(H,78,98)(H,80,97)(H,81,94)(H,82,89)(H,83,100)(H,84,99)(H,85,103)(H,86,102)(H,87,101)(H,95,96)(H4,71,72,79)/t47-,48-,49-,50-,51-,52-,53-/m0/s1. The summed E-state index contributed by atoms with van der Waals surface area (Å²) in [6.07, 6.45) is -1.21. The number of nitrogens with one attached hydrogen (secondary N) is 13. The SMILES string of the molecule is NOCC(=O)NCCOCCOCCOCCOCCOCCNC(=O)COCC(=O)NCCCC[C@@H]1NC(=O)CSC[C@@H](C(=O)NCCOCCOCCOCCNC(=O)COCC(N)=O)NC(=O)[C@H](Cc2ccccc2)NC(=O)[C@H](CS)NC(=O)[C@H](CC(=O)O)NC(=O)CNC(=O)[C@H](CCCN=C(N)N)NC(=O)[C@H](CCS)NC1=O. The summed E-state index contributed by atoms with van der Waals surface area (Å²) in [5, 5.41) is 42.9. The third-order valence-electron chi connectivity index (χ3n) is 15.5. The summed E-state index contributed by atoms with van der Waals surface area (Å²) in [5.74, 6) is -9.42. The maximum atomic E-state index is 14.6. The van der Waals surface area contributed by atoms with Gasteiger partial charge in [0, 0.05) is 57.2 Å². The van der Waals surface area contributed by atoms with Crippen LogP contribution >= 0.6 is 37.0 Å². The second-order valence-electron chi connectivity index (χ2n) is 25.1. The molecule has 1 heterocycles. The molecule has 0 aliphatic carbocycles. The third kappa shape index (κ3) is 54.7. The van der Waals surface area contributed by atoms with Crippen molar-refractivity contribution in [1.82, 2.24) is 69.1 Å². The van der Waals surface area contributed by atoms with Gasteiger partial charge in [0.15, 0.2) is 5.96 Å². The minimum absolute atomic E-state index is 0.0132. The summed E-state index contributed by atoms with van der Waals surface area (Å²) in [4.78, 5) is 206. The molecule has 1 aliphatic rings. The van der Waals surface area contributed by atoms with Gasteiger partial charge >= 0.3 is 5.97 Å². The second-order valence-corrected chi connectivity index (χ2v) is 26.9. The number of carbonyl (C=O) groups excluding carboxylic acids is 14. The lowest BCUT2D eigenvalue weighted by Crippen LogP contribution is -2.60. The first kappa shape index (κ1) is 104. The molecule has 22 N–H and O–H groups in total. The molecule has 0 saturated carbocycles. The molecule has 2 rings (SSSR count). The number of carboxylic acid groups (broad SMARTS) is 1.